The molecule has 0 unspecified atom stereocenters. The molecule has 27 heavy (non-hydrogen) atoms. The van der Waals surface area contributed by atoms with Crippen LogP contribution in [0.15, 0.2) is 0 Å². The molecule has 3 fully saturated rings. The molecule has 3 aliphatic carbocycles. The van der Waals surface area contributed by atoms with E-state index in [4.69, 9.17) is 9.47 Å². The van der Waals surface area contributed by atoms with Crippen molar-refractivity contribution in [1.82, 2.24) is 5.32 Å². The quantitative estimate of drug-likeness (QED) is 0.272. The second-order valence-corrected chi connectivity index (χ2v) is 8.01. The fourth-order valence-electron chi connectivity index (χ4n) is 4.32. The molecule has 0 radical (unpaired) electrons. The first kappa shape index (κ1) is 25.7. The molecule has 0 atom stereocenters. The molecule has 3 aliphatic rings. The first-order chi connectivity index (χ1) is 12.4. The van der Waals surface area contributed by atoms with Gasteiger partial charge < -0.3 is 19.5 Å². The van der Waals surface area contributed by atoms with Crippen LogP contribution in [-0.2, 0) is 23.8 Å². The van der Waals surface area contributed by atoms with Crippen molar-refractivity contribution in [3.05, 3.63) is 7.11 Å². The van der Waals surface area contributed by atoms with Crippen LogP contribution < -0.4 is 56.7 Å². The number of fused-ring (bicyclic) bond motifs is 3. The van der Waals surface area contributed by atoms with Crippen LogP contribution in [0.5, 0.6) is 0 Å². The molecule has 150 valence electrons. The van der Waals surface area contributed by atoms with Crippen LogP contribution in [0.25, 0.3) is 0 Å². The molecule has 1 N–H and O–H groups in total. The first-order valence-electron chi connectivity index (χ1n) is 9.81. The summed E-state index contributed by atoms with van der Waals surface area (Å²) in [7, 11) is 3.26. The number of nitrogens with one attached hydrogen (secondary N) is 1. The van der Waals surface area contributed by atoms with Crippen LogP contribution in [0.1, 0.15) is 58.8 Å². The fourth-order valence-corrected chi connectivity index (χ4v) is 4.32. The van der Waals surface area contributed by atoms with Gasteiger partial charge in [0.1, 0.15) is 5.78 Å². The average Bonchev–Trinajstić information content (AvgIpc) is 2.64. The van der Waals surface area contributed by atoms with Gasteiger partial charge >= 0.3 is 51.4 Å². The number of ether oxygens (including phenoxy) is 3. The molecule has 3 saturated carbocycles. The molecule has 7 heteroatoms. The van der Waals surface area contributed by atoms with Crippen LogP contribution in [0.4, 0.5) is 0 Å². The van der Waals surface area contributed by atoms with Crippen LogP contribution >= 0.6 is 0 Å². The van der Waals surface area contributed by atoms with Crippen molar-refractivity contribution >= 4 is 11.7 Å². The fraction of sp³-hybridized carbons (Fsp3) is 0.850. The maximum atomic E-state index is 12.6. The second-order valence-electron chi connectivity index (χ2n) is 8.01. The largest absolute Gasteiger partial charge is 1.00 e. The van der Waals surface area contributed by atoms with Crippen LogP contribution in [-0.4, -0.2) is 50.3 Å². The SMILES string of the molecule is [CH2-]OCCOCCOCCC(=O)NC12CCC(C(=O)C(C)C)(CC1)CC2.[K+]. The monoisotopic (exact) mass is 407 g/mol. The van der Waals surface area contributed by atoms with Crippen LogP contribution in [0.2, 0.25) is 0 Å². The number of Topliss-reactive ketones (excluding diaryl/α,β-unsaturated/α-hetero) is 1. The predicted octanol–water partition coefficient (Wildman–Crippen LogP) is -0.344. The molecule has 0 aliphatic heterocycles. The van der Waals surface area contributed by atoms with E-state index in [1.165, 1.54) is 0 Å². The Morgan fingerprint density at radius 2 is 1.44 bits per heavy atom. The van der Waals surface area contributed by atoms with Crippen molar-refractivity contribution in [1.29, 1.82) is 0 Å². The topological polar surface area (TPSA) is 73.9 Å². The summed E-state index contributed by atoms with van der Waals surface area (Å²) >= 11 is 0. The molecule has 1 amide bonds. The van der Waals surface area contributed by atoms with Gasteiger partial charge in [-0.25, -0.2) is 7.11 Å². The summed E-state index contributed by atoms with van der Waals surface area (Å²) in [6.45, 7) is 6.30. The van der Waals surface area contributed by atoms with E-state index in [0.29, 0.717) is 45.2 Å². The van der Waals surface area contributed by atoms with Crippen molar-refractivity contribution in [3.8, 4) is 0 Å². The van der Waals surface area contributed by atoms with Crippen molar-refractivity contribution in [2.24, 2.45) is 11.3 Å². The number of hydrogen-bond acceptors (Lipinski definition) is 5. The molecule has 0 aromatic rings. The van der Waals surface area contributed by atoms with Crippen LogP contribution in [0.3, 0.4) is 0 Å². The van der Waals surface area contributed by atoms with Gasteiger partial charge in [0, 0.05) is 29.9 Å². The van der Waals surface area contributed by atoms with E-state index in [9.17, 15) is 9.59 Å². The van der Waals surface area contributed by atoms with E-state index >= 15 is 0 Å². The van der Waals surface area contributed by atoms with E-state index in [0.717, 1.165) is 38.5 Å². The Morgan fingerprint density at radius 1 is 0.926 bits per heavy atom. The van der Waals surface area contributed by atoms with Gasteiger partial charge in [-0.2, -0.15) is 0 Å². The number of carbonyl (C=O) groups is 2. The molecule has 2 bridgehead atoms. The van der Waals surface area contributed by atoms with Gasteiger partial charge in [-0.15, -0.1) is 0 Å². The van der Waals surface area contributed by atoms with Gasteiger partial charge in [0.15, 0.2) is 0 Å². The van der Waals surface area contributed by atoms with E-state index in [-0.39, 0.29) is 74.2 Å². The molecule has 0 aromatic carbocycles. The molecule has 6 nitrogen and oxygen atoms in total. The van der Waals surface area contributed by atoms with E-state index in [1.807, 2.05) is 13.8 Å². The molecular formula is C20H34KNO5. The smallest absolute Gasteiger partial charge is 0.553 e. The number of carbonyl (C=O) groups excluding carboxylic acids is 2. The summed E-state index contributed by atoms with van der Waals surface area (Å²) in [5.74, 6) is 0.554. The Bertz CT molecular complexity index is 458. The summed E-state index contributed by atoms with van der Waals surface area (Å²) < 4.78 is 15.3. The zero-order chi connectivity index (χ0) is 19.0. The minimum Gasteiger partial charge on any atom is -0.553 e. The number of rotatable bonds is 12. The van der Waals surface area contributed by atoms with Gasteiger partial charge in [0.25, 0.3) is 0 Å². The molecule has 0 spiro atoms. The van der Waals surface area contributed by atoms with E-state index < -0.39 is 0 Å². The van der Waals surface area contributed by atoms with E-state index in [2.05, 4.69) is 17.2 Å². The molecule has 0 heterocycles. The Labute approximate surface area is 206 Å². The van der Waals surface area contributed by atoms with E-state index in [1.54, 1.807) is 0 Å². The predicted molar refractivity (Wildman–Crippen MR) is 98.4 cm³/mol. The van der Waals surface area contributed by atoms with Gasteiger partial charge in [0.05, 0.1) is 26.4 Å². The number of amides is 1. The van der Waals surface area contributed by atoms with Gasteiger partial charge in [-0.1, -0.05) is 13.8 Å². The second kappa shape index (κ2) is 12.4. The third-order valence-electron chi connectivity index (χ3n) is 5.92. The van der Waals surface area contributed by atoms with Gasteiger partial charge in [0.2, 0.25) is 5.91 Å². The van der Waals surface area contributed by atoms with Crippen molar-refractivity contribution in [2.45, 2.75) is 64.3 Å². The summed E-state index contributed by atoms with van der Waals surface area (Å²) in [5, 5.41) is 3.24. The van der Waals surface area contributed by atoms with Gasteiger partial charge in [-0.3, -0.25) is 9.59 Å². The van der Waals surface area contributed by atoms with Crippen molar-refractivity contribution in [2.75, 3.05) is 33.0 Å². The Kier molecular flexibility index (Phi) is 11.8. The molecular weight excluding hydrogens is 373 g/mol. The maximum Gasteiger partial charge on any atom is 1.00 e. The van der Waals surface area contributed by atoms with Crippen LogP contribution in [0, 0.1) is 18.4 Å². The maximum absolute atomic E-state index is 12.6. The normalized spacial score (nSPS) is 26.7. The zero-order valence-corrected chi connectivity index (χ0v) is 20.4. The van der Waals surface area contributed by atoms with Gasteiger partial charge in [-0.05, 0) is 38.5 Å². The summed E-state index contributed by atoms with van der Waals surface area (Å²) in [4.78, 5) is 24.8. The molecule has 0 saturated heterocycles. The third-order valence-corrected chi connectivity index (χ3v) is 5.92. The summed E-state index contributed by atoms with van der Waals surface area (Å²) in [6, 6.07) is 0. The number of ketones is 1. The third kappa shape index (κ3) is 7.44. The Balaban J connectivity index is 0.00000364. The van der Waals surface area contributed by atoms with Crippen molar-refractivity contribution in [3.63, 3.8) is 0 Å². The Morgan fingerprint density at radius 3 is 1.96 bits per heavy atom. The number of hydrogen-bond donors (Lipinski definition) is 1. The summed E-state index contributed by atoms with van der Waals surface area (Å²) in [5.41, 5.74) is -0.226. The minimum absolute atomic E-state index is 0. The standard InChI is InChI=1S/C20H34NO5.K/c1-16(2)18(23)19-5-8-20(9-6-19,10-7-19)21-17(22)4-11-25-14-15-26-13-12-24-3;/h16H,3-15H2,1-2H3,(H,21,22);/q-1;+1. The Hall–Kier alpha value is 0.656. The minimum atomic E-state index is -0.122. The summed E-state index contributed by atoms with van der Waals surface area (Å²) in [6.07, 6.45) is 5.85. The molecule has 0 aromatic heterocycles. The zero-order valence-electron chi connectivity index (χ0n) is 17.3. The average molecular weight is 408 g/mol. The molecule has 3 rings (SSSR count). The first-order valence-corrected chi connectivity index (χ1v) is 9.81. The van der Waals surface area contributed by atoms with Crippen molar-refractivity contribution < 1.29 is 75.2 Å².